The van der Waals surface area contributed by atoms with Gasteiger partial charge in [0.15, 0.2) is 0 Å². The smallest absolute Gasteiger partial charge is 0.226 e. The van der Waals surface area contributed by atoms with E-state index in [2.05, 4.69) is 19.8 Å². The lowest BCUT2D eigenvalue weighted by Gasteiger charge is -2.32. The van der Waals surface area contributed by atoms with Crippen molar-refractivity contribution >= 4 is 11.8 Å². The van der Waals surface area contributed by atoms with Crippen molar-refractivity contribution in [3.63, 3.8) is 0 Å². The van der Waals surface area contributed by atoms with Crippen LogP contribution >= 0.6 is 0 Å². The molecule has 0 saturated carbocycles. The fourth-order valence-electron chi connectivity index (χ4n) is 2.81. The van der Waals surface area contributed by atoms with Gasteiger partial charge in [0, 0.05) is 38.4 Å². The van der Waals surface area contributed by atoms with Gasteiger partial charge in [-0.25, -0.2) is 9.97 Å². The quantitative estimate of drug-likeness (QED) is 0.580. The van der Waals surface area contributed by atoms with Crippen LogP contribution in [0.25, 0.3) is 0 Å². The predicted octanol–water partition coefficient (Wildman–Crippen LogP) is -0.328. The van der Waals surface area contributed by atoms with Crippen LogP contribution in [0.1, 0.15) is 12.1 Å². The monoisotopic (exact) mass is 276 g/mol. The highest BCUT2D eigenvalue weighted by atomic mass is 16.5. The fourth-order valence-corrected chi connectivity index (χ4v) is 2.81. The van der Waals surface area contributed by atoms with E-state index >= 15 is 0 Å². The van der Waals surface area contributed by atoms with Gasteiger partial charge in [-0.05, 0) is 12.5 Å². The van der Waals surface area contributed by atoms with Crippen molar-refractivity contribution in [1.82, 2.24) is 14.9 Å². The van der Waals surface area contributed by atoms with Crippen LogP contribution in [0.4, 0.5) is 5.95 Å². The standard InChI is InChI=1S/C13H20N6O/c14-12(15)11-1-3-16-13(17-11)19-4-2-10(9-19)18-5-7-20-8-6-18/h1,3,10H,2,4-9H2,(H3,14,15). The second kappa shape index (κ2) is 5.72. The summed E-state index contributed by atoms with van der Waals surface area (Å²) < 4.78 is 5.40. The van der Waals surface area contributed by atoms with Crippen molar-refractivity contribution in [3.8, 4) is 0 Å². The molecule has 0 bridgehead atoms. The van der Waals surface area contributed by atoms with Crippen LogP contribution in [0.3, 0.4) is 0 Å². The van der Waals surface area contributed by atoms with Gasteiger partial charge in [-0.15, -0.1) is 0 Å². The molecule has 7 heteroatoms. The number of aromatic nitrogens is 2. The lowest BCUT2D eigenvalue weighted by atomic mass is 10.2. The van der Waals surface area contributed by atoms with Gasteiger partial charge < -0.3 is 15.4 Å². The zero-order valence-corrected chi connectivity index (χ0v) is 11.5. The van der Waals surface area contributed by atoms with Crippen LogP contribution in [0.2, 0.25) is 0 Å². The molecule has 3 rings (SSSR count). The summed E-state index contributed by atoms with van der Waals surface area (Å²) in [6, 6.07) is 2.21. The molecule has 0 radical (unpaired) electrons. The zero-order chi connectivity index (χ0) is 13.9. The molecule has 108 valence electrons. The summed E-state index contributed by atoms with van der Waals surface area (Å²) in [5.74, 6) is 0.658. The Balaban J connectivity index is 1.67. The third-order valence-corrected chi connectivity index (χ3v) is 3.93. The molecular weight excluding hydrogens is 256 g/mol. The molecule has 0 amide bonds. The summed E-state index contributed by atoms with van der Waals surface area (Å²) in [7, 11) is 0. The minimum absolute atomic E-state index is 0.0161. The number of nitrogen functional groups attached to an aromatic ring is 1. The summed E-state index contributed by atoms with van der Waals surface area (Å²) in [5.41, 5.74) is 5.97. The molecule has 3 N–H and O–H groups in total. The molecule has 1 unspecified atom stereocenters. The summed E-state index contributed by atoms with van der Waals surface area (Å²) in [5, 5.41) is 7.45. The van der Waals surface area contributed by atoms with E-state index in [1.165, 1.54) is 0 Å². The molecule has 7 nitrogen and oxygen atoms in total. The SMILES string of the molecule is N=C(N)c1ccnc(N2CCC(N3CCOCC3)C2)n1. The van der Waals surface area contributed by atoms with Crippen LogP contribution in [0.5, 0.6) is 0 Å². The van der Waals surface area contributed by atoms with Crippen molar-refractivity contribution in [3.05, 3.63) is 18.0 Å². The predicted molar refractivity (Wildman–Crippen MR) is 76.1 cm³/mol. The molecule has 0 aliphatic carbocycles. The second-order valence-electron chi connectivity index (χ2n) is 5.19. The lowest BCUT2D eigenvalue weighted by molar-refractivity contribution is 0.0209. The molecule has 1 aromatic rings. The van der Waals surface area contributed by atoms with Gasteiger partial charge in [0.2, 0.25) is 5.95 Å². The highest BCUT2D eigenvalue weighted by molar-refractivity contribution is 5.93. The number of rotatable bonds is 3. The lowest BCUT2D eigenvalue weighted by Crippen LogP contribution is -2.44. The van der Waals surface area contributed by atoms with E-state index in [4.69, 9.17) is 15.9 Å². The minimum atomic E-state index is -0.0161. The van der Waals surface area contributed by atoms with Crippen molar-refractivity contribution < 1.29 is 4.74 Å². The zero-order valence-electron chi connectivity index (χ0n) is 11.5. The third-order valence-electron chi connectivity index (χ3n) is 3.93. The maximum atomic E-state index is 7.45. The Labute approximate surface area is 118 Å². The molecule has 2 aliphatic rings. The molecule has 2 aliphatic heterocycles. The van der Waals surface area contributed by atoms with Crippen LogP contribution in [-0.2, 0) is 4.74 Å². The van der Waals surface area contributed by atoms with Gasteiger partial charge in [0.1, 0.15) is 11.5 Å². The average molecular weight is 276 g/mol. The Bertz CT molecular complexity index is 488. The number of hydrogen-bond donors (Lipinski definition) is 2. The van der Waals surface area contributed by atoms with Crippen molar-refractivity contribution in [2.75, 3.05) is 44.3 Å². The normalized spacial score (nSPS) is 24.0. The first kappa shape index (κ1) is 13.3. The number of nitrogens with two attached hydrogens (primary N) is 1. The van der Waals surface area contributed by atoms with E-state index in [0.29, 0.717) is 17.7 Å². The Morgan fingerprint density at radius 2 is 2.15 bits per heavy atom. The number of ether oxygens (including phenoxy) is 1. The van der Waals surface area contributed by atoms with Gasteiger partial charge in [0.25, 0.3) is 0 Å². The molecule has 20 heavy (non-hydrogen) atoms. The number of nitrogens with one attached hydrogen (secondary N) is 1. The van der Waals surface area contributed by atoms with Gasteiger partial charge in [-0.3, -0.25) is 10.3 Å². The summed E-state index contributed by atoms with van der Waals surface area (Å²) in [6.07, 6.45) is 2.79. The summed E-state index contributed by atoms with van der Waals surface area (Å²) in [6.45, 7) is 5.55. The van der Waals surface area contributed by atoms with E-state index in [9.17, 15) is 0 Å². The maximum Gasteiger partial charge on any atom is 0.226 e. The largest absolute Gasteiger partial charge is 0.382 e. The second-order valence-corrected chi connectivity index (χ2v) is 5.19. The molecule has 1 atom stereocenters. The Morgan fingerprint density at radius 1 is 1.35 bits per heavy atom. The molecule has 3 heterocycles. The first-order chi connectivity index (χ1) is 9.74. The fraction of sp³-hybridized carbons (Fsp3) is 0.615. The van der Waals surface area contributed by atoms with E-state index in [1.54, 1.807) is 12.3 Å². The third kappa shape index (κ3) is 2.73. The molecule has 2 saturated heterocycles. The summed E-state index contributed by atoms with van der Waals surface area (Å²) >= 11 is 0. The average Bonchev–Trinajstić information content (AvgIpc) is 2.98. The number of amidine groups is 1. The van der Waals surface area contributed by atoms with Gasteiger partial charge >= 0.3 is 0 Å². The van der Waals surface area contributed by atoms with E-state index < -0.39 is 0 Å². The molecule has 1 aromatic heterocycles. The number of nitrogens with zero attached hydrogens (tertiary/aromatic N) is 4. The van der Waals surface area contributed by atoms with Gasteiger partial charge in [0.05, 0.1) is 13.2 Å². The highest BCUT2D eigenvalue weighted by Crippen LogP contribution is 2.20. The Morgan fingerprint density at radius 3 is 2.90 bits per heavy atom. The minimum Gasteiger partial charge on any atom is -0.382 e. The van der Waals surface area contributed by atoms with Gasteiger partial charge in [-0.1, -0.05) is 0 Å². The Kier molecular flexibility index (Phi) is 3.79. The van der Waals surface area contributed by atoms with Gasteiger partial charge in [-0.2, -0.15) is 0 Å². The first-order valence-corrected chi connectivity index (χ1v) is 6.98. The molecular formula is C13H20N6O. The van der Waals surface area contributed by atoms with E-state index in [-0.39, 0.29) is 5.84 Å². The van der Waals surface area contributed by atoms with Crippen LogP contribution in [0, 0.1) is 5.41 Å². The number of anilines is 1. The number of morpholine rings is 1. The molecule has 0 aromatic carbocycles. The maximum absolute atomic E-state index is 7.45. The first-order valence-electron chi connectivity index (χ1n) is 6.98. The molecule has 2 fully saturated rings. The van der Waals surface area contributed by atoms with Crippen molar-refractivity contribution in [1.29, 1.82) is 5.41 Å². The highest BCUT2D eigenvalue weighted by Gasteiger charge is 2.29. The topological polar surface area (TPSA) is 91.4 Å². The number of hydrogen-bond acceptors (Lipinski definition) is 6. The van der Waals surface area contributed by atoms with Crippen LogP contribution in [0.15, 0.2) is 12.3 Å². The molecule has 0 spiro atoms. The van der Waals surface area contributed by atoms with Crippen molar-refractivity contribution in [2.45, 2.75) is 12.5 Å². The van der Waals surface area contributed by atoms with Crippen molar-refractivity contribution in [2.24, 2.45) is 5.73 Å². The van der Waals surface area contributed by atoms with E-state index in [0.717, 1.165) is 45.8 Å². The Hall–Kier alpha value is -1.73. The van der Waals surface area contributed by atoms with Crippen LogP contribution < -0.4 is 10.6 Å². The van der Waals surface area contributed by atoms with Crippen LogP contribution in [-0.4, -0.2) is 66.1 Å². The van der Waals surface area contributed by atoms with E-state index in [1.807, 2.05) is 0 Å². The summed E-state index contributed by atoms with van der Waals surface area (Å²) in [4.78, 5) is 13.3.